The molecule has 1 heterocycles. The lowest BCUT2D eigenvalue weighted by Crippen LogP contribution is -2.19. The maximum atomic E-state index is 10.5. The van der Waals surface area contributed by atoms with Crippen molar-refractivity contribution in [2.24, 2.45) is 0 Å². The molecule has 2 nitrogen and oxygen atoms in total. The fourth-order valence-electron chi connectivity index (χ4n) is 3.06. The lowest BCUT2D eigenvalue weighted by molar-refractivity contribution is 0.120. The lowest BCUT2D eigenvalue weighted by Gasteiger charge is -2.23. The fourth-order valence-corrected chi connectivity index (χ4v) is 3.06. The summed E-state index contributed by atoms with van der Waals surface area (Å²) in [5, 5.41) is 10.5. The van der Waals surface area contributed by atoms with Crippen molar-refractivity contribution < 1.29 is 5.11 Å². The maximum Gasteiger partial charge on any atom is 0.0808 e. The van der Waals surface area contributed by atoms with Gasteiger partial charge in [0, 0.05) is 12.6 Å². The first-order valence-corrected chi connectivity index (χ1v) is 7.18. The summed E-state index contributed by atoms with van der Waals surface area (Å²) >= 11 is 0. The van der Waals surface area contributed by atoms with Gasteiger partial charge >= 0.3 is 0 Å². The van der Waals surface area contributed by atoms with Crippen LogP contribution >= 0.6 is 12.4 Å². The molecular formula is C18H22ClNO. The molecule has 0 amide bonds. The molecule has 0 radical (unpaired) electrons. The second-order valence-electron chi connectivity index (χ2n) is 5.79. The van der Waals surface area contributed by atoms with E-state index in [4.69, 9.17) is 0 Å². The van der Waals surface area contributed by atoms with Gasteiger partial charge in [0.15, 0.2) is 0 Å². The van der Waals surface area contributed by atoms with E-state index in [2.05, 4.69) is 55.3 Å². The van der Waals surface area contributed by atoms with E-state index in [9.17, 15) is 5.11 Å². The van der Waals surface area contributed by atoms with Crippen molar-refractivity contribution >= 4 is 12.4 Å². The molecule has 2 aromatic rings. The fraction of sp³-hybridized carbons (Fsp3) is 0.333. The minimum absolute atomic E-state index is 0. The molecule has 0 aliphatic carbocycles. The smallest absolute Gasteiger partial charge is 0.0808 e. The largest absolute Gasteiger partial charge is 0.388 e. The van der Waals surface area contributed by atoms with Crippen LogP contribution in [0, 0.1) is 6.92 Å². The summed E-state index contributed by atoms with van der Waals surface area (Å²) in [5.74, 6) is 0. The summed E-state index contributed by atoms with van der Waals surface area (Å²) in [5.41, 5.74) is 4.98. The Kier molecular flexibility index (Phi) is 5.04. The number of hydrogen-bond acceptors (Lipinski definition) is 2. The predicted octanol–water partition coefficient (Wildman–Crippen LogP) is 4.03. The molecule has 0 bridgehead atoms. The van der Waals surface area contributed by atoms with Crippen LogP contribution < -0.4 is 0 Å². The molecule has 0 aromatic heterocycles. The Morgan fingerprint density at radius 3 is 2.52 bits per heavy atom. The molecule has 0 fully saturated rings. The zero-order valence-electron chi connectivity index (χ0n) is 12.5. The first-order valence-electron chi connectivity index (χ1n) is 7.18. The molecule has 2 atom stereocenters. The standard InChI is InChI=1S/C18H21NO.ClH/c1-13-7-9-14(10-8-13)18(20)11-17-16-6-4-3-5-15(16)12-19(17)2;/h3-10,17-18,20H,11-12H2,1-2H3;1H/t17-,18-;/m0./s1. The molecule has 0 spiro atoms. The van der Waals surface area contributed by atoms with Gasteiger partial charge in [-0.05, 0) is 37.1 Å². The monoisotopic (exact) mass is 303 g/mol. The van der Waals surface area contributed by atoms with Crippen LogP contribution in [-0.4, -0.2) is 17.1 Å². The van der Waals surface area contributed by atoms with Crippen molar-refractivity contribution in [1.29, 1.82) is 0 Å². The highest BCUT2D eigenvalue weighted by Crippen LogP contribution is 2.38. The summed E-state index contributed by atoms with van der Waals surface area (Å²) in [6.45, 7) is 3.04. The highest BCUT2D eigenvalue weighted by atomic mass is 35.5. The second kappa shape index (κ2) is 6.61. The molecule has 21 heavy (non-hydrogen) atoms. The normalized spacial score (nSPS) is 18.9. The number of halogens is 1. The Labute approximate surface area is 132 Å². The van der Waals surface area contributed by atoms with Crippen molar-refractivity contribution in [1.82, 2.24) is 4.90 Å². The Morgan fingerprint density at radius 2 is 1.81 bits per heavy atom. The Morgan fingerprint density at radius 1 is 1.14 bits per heavy atom. The second-order valence-corrected chi connectivity index (χ2v) is 5.79. The summed E-state index contributed by atoms with van der Waals surface area (Å²) in [7, 11) is 2.13. The van der Waals surface area contributed by atoms with Gasteiger partial charge < -0.3 is 5.11 Å². The van der Waals surface area contributed by atoms with E-state index in [1.165, 1.54) is 16.7 Å². The van der Waals surface area contributed by atoms with E-state index >= 15 is 0 Å². The first-order chi connectivity index (χ1) is 9.65. The third-order valence-corrected chi connectivity index (χ3v) is 4.27. The zero-order chi connectivity index (χ0) is 14.1. The van der Waals surface area contributed by atoms with Gasteiger partial charge in [0.25, 0.3) is 0 Å². The molecule has 0 saturated carbocycles. The number of aliphatic hydroxyl groups is 1. The van der Waals surface area contributed by atoms with E-state index in [0.29, 0.717) is 6.04 Å². The van der Waals surface area contributed by atoms with Crippen molar-refractivity contribution in [2.45, 2.75) is 32.0 Å². The van der Waals surface area contributed by atoms with Crippen molar-refractivity contribution in [2.75, 3.05) is 7.05 Å². The minimum atomic E-state index is -0.408. The van der Waals surface area contributed by atoms with E-state index in [1.807, 2.05) is 12.1 Å². The van der Waals surface area contributed by atoms with Gasteiger partial charge in [-0.3, -0.25) is 4.90 Å². The predicted molar refractivity (Wildman–Crippen MR) is 88.7 cm³/mol. The van der Waals surface area contributed by atoms with E-state index in [-0.39, 0.29) is 12.4 Å². The molecule has 1 aliphatic rings. The lowest BCUT2D eigenvalue weighted by atomic mass is 9.96. The van der Waals surface area contributed by atoms with E-state index < -0.39 is 6.10 Å². The molecule has 3 heteroatoms. The quantitative estimate of drug-likeness (QED) is 0.925. The molecule has 1 N–H and O–H groups in total. The SMILES string of the molecule is Cc1ccc([C@@H](O)C[C@H]2c3ccccc3CN2C)cc1.Cl. The molecule has 2 aromatic carbocycles. The van der Waals surface area contributed by atoms with Crippen molar-refractivity contribution in [3.8, 4) is 0 Å². The summed E-state index contributed by atoms with van der Waals surface area (Å²) < 4.78 is 0. The van der Waals surface area contributed by atoms with Crippen LogP contribution in [0.1, 0.15) is 40.8 Å². The topological polar surface area (TPSA) is 23.5 Å². The van der Waals surface area contributed by atoms with Gasteiger partial charge in [-0.25, -0.2) is 0 Å². The Balaban J connectivity index is 0.00000161. The van der Waals surface area contributed by atoms with Gasteiger partial charge in [0.05, 0.1) is 6.10 Å². The summed E-state index contributed by atoms with van der Waals surface area (Å²) in [4.78, 5) is 2.32. The van der Waals surface area contributed by atoms with Gasteiger partial charge in [-0.1, -0.05) is 54.1 Å². The number of nitrogens with zero attached hydrogens (tertiary/aromatic N) is 1. The third-order valence-electron chi connectivity index (χ3n) is 4.27. The van der Waals surface area contributed by atoms with Crippen LogP contribution in [-0.2, 0) is 6.54 Å². The molecule has 3 rings (SSSR count). The van der Waals surface area contributed by atoms with Crippen LogP contribution in [0.3, 0.4) is 0 Å². The van der Waals surface area contributed by atoms with E-state index in [1.54, 1.807) is 0 Å². The van der Waals surface area contributed by atoms with Crippen LogP contribution in [0.5, 0.6) is 0 Å². The molecular weight excluding hydrogens is 282 g/mol. The molecule has 112 valence electrons. The molecule has 0 unspecified atom stereocenters. The summed E-state index contributed by atoms with van der Waals surface area (Å²) in [6, 6.07) is 17.0. The van der Waals surface area contributed by atoms with Gasteiger partial charge in [-0.2, -0.15) is 0 Å². The van der Waals surface area contributed by atoms with E-state index in [0.717, 1.165) is 18.5 Å². The van der Waals surface area contributed by atoms with Crippen LogP contribution in [0.25, 0.3) is 0 Å². The number of aryl methyl sites for hydroxylation is 1. The maximum absolute atomic E-state index is 10.5. The molecule has 0 saturated heterocycles. The van der Waals surface area contributed by atoms with Gasteiger partial charge in [0.1, 0.15) is 0 Å². The zero-order valence-corrected chi connectivity index (χ0v) is 13.3. The number of rotatable bonds is 3. The van der Waals surface area contributed by atoms with Crippen LogP contribution in [0.15, 0.2) is 48.5 Å². The third kappa shape index (κ3) is 3.29. The van der Waals surface area contributed by atoms with Crippen molar-refractivity contribution in [3.05, 3.63) is 70.8 Å². The average Bonchev–Trinajstić information content (AvgIpc) is 2.76. The minimum Gasteiger partial charge on any atom is -0.388 e. The number of benzene rings is 2. The number of hydrogen-bond donors (Lipinski definition) is 1. The number of aliphatic hydroxyl groups excluding tert-OH is 1. The Hall–Kier alpha value is -1.35. The first kappa shape index (κ1) is 16.0. The van der Waals surface area contributed by atoms with Gasteiger partial charge in [-0.15, -0.1) is 12.4 Å². The van der Waals surface area contributed by atoms with Crippen LogP contribution in [0.2, 0.25) is 0 Å². The number of fused-ring (bicyclic) bond motifs is 1. The van der Waals surface area contributed by atoms with Crippen LogP contribution in [0.4, 0.5) is 0 Å². The van der Waals surface area contributed by atoms with Gasteiger partial charge in [0.2, 0.25) is 0 Å². The average molecular weight is 304 g/mol. The van der Waals surface area contributed by atoms with Crippen molar-refractivity contribution in [3.63, 3.8) is 0 Å². The highest BCUT2D eigenvalue weighted by molar-refractivity contribution is 5.85. The highest BCUT2D eigenvalue weighted by Gasteiger charge is 2.29. The Bertz CT molecular complexity index is 596. The molecule has 1 aliphatic heterocycles. The summed E-state index contributed by atoms with van der Waals surface area (Å²) in [6.07, 6.45) is 0.338.